The van der Waals surface area contributed by atoms with Gasteiger partial charge in [0, 0.05) is 26.2 Å². The Bertz CT molecular complexity index is 203. The van der Waals surface area contributed by atoms with E-state index in [2.05, 4.69) is 5.32 Å². The van der Waals surface area contributed by atoms with Crippen LogP contribution in [0.4, 0.5) is 0 Å². The minimum absolute atomic E-state index is 0.263. The molecule has 3 unspecified atom stereocenters. The summed E-state index contributed by atoms with van der Waals surface area (Å²) in [7, 11) is 3.68. The maximum absolute atomic E-state index is 11.6. The summed E-state index contributed by atoms with van der Waals surface area (Å²) in [5, 5.41) is 3.47. The minimum Gasteiger partial charge on any atom is -0.349 e. The van der Waals surface area contributed by atoms with Crippen LogP contribution in [0.3, 0.4) is 0 Å². The second kappa shape index (κ2) is 2.73. The van der Waals surface area contributed by atoms with E-state index in [0.29, 0.717) is 18.0 Å². The van der Waals surface area contributed by atoms with Gasteiger partial charge < -0.3 is 10.2 Å². The van der Waals surface area contributed by atoms with Crippen molar-refractivity contribution in [1.82, 2.24) is 10.2 Å². The lowest BCUT2D eigenvalue weighted by atomic mass is 9.88. The molecule has 2 bridgehead atoms. The van der Waals surface area contributed by atoms with E-state index in [1.807, 2.05) is 14.1 Å². The topological polar surface area (TPSA) is 32.3 Å². The van der Waals surface area contributed by atoms with Crippen LogP contribution in [0.1, 0.15) is 19.3 Å². The Labute approximate surface area is 73.1 Å². The number of carbonyl (C=O) groups is 1. The van der Waals surface area contributed by atoms with Crippen LogP contribution in [-0.2, 0) is 4.79 Å². The Balaban J connectivity index is 2.02. The van der Waals surface area contributed by atoms with E-state index in [0.717, 1.165) is 6.42 Å². The molecule has 2 rings (SSSR count). The Morgan fingerprint density at radius 2 is 2.17 bits per heavy atom. The Kier molecular flexibility index (Phi) is 1.83. The van der Waals surface area contributed by atoms with E-state index < -0.39 is 0 Å². The second-order valence-corrected chi connectivity index (χ2v) is 4.12. The zero-order chi connectivity index (χ0) is 8.72. The van der Waals surface area contributed by atoms with Gasteiger partial charge in [-0.3, -0.25) is 4.79 Å². The van der Waals surface area contributed by atoms with Crippen molar-refractivity contribution in [2.75, 3.05) is 14.1 Å². The predicted molar refractivity (Wildman–Crippen MR) is 46.7 cm³/mol. The van der Waals surface area contributed by atoms with E-state index in [9.17, 15) is 4.79 Å². The van der Waals surface area contributed by atoms with Crippen molar-refractivity contribution < 1.29 is 4.79 Å². The number of amides is 1. The maximum Gasteiger partial charge on any atom is 0.226 e. The number of rotatable bonds is 1. The van der Waals surface area contributed by atoms with Gasteiger partial charge in [0.05, 0.1) is 5.92 Å². The molecule has 2 fully saturated rings. The van der Waals surface area contributed by atoms with Crippen LogP contribution in [0.5, 0.6) is 0 Å². The molecule has 1 N–H and O–H groups in total. The van der Waals surface area contributed by atoms with Crippen molar-refractivity contribution in [1.29, 1.82) is 0 Å². The lowest BCUT2D eigenvalue weighted by Crippen LogP contribution is -2.36. The molecule has 0 aliphatic carbocycles. The SMILES string of the molecule is CN(C)C(=O)C1CC2CCC1N2. The molecule has 3 atom stereocenters. The molecule has 2 saturated heterocycles. The highest BCUT2D eigenvalue weighted by Gasteiger charge is 2.43. The number of fused-ring (bicyclic) bond motifs is 2. The summed E-state index contributed by atoms with van der Waals surface area (Å²) in [5.41, 5.74) is 0. The molecule has 0 aromatic heterocycles. The van der Waals surface area contributed by atoms with Gasteiger partial charge in [-0.1, -0.05) is 0 Å². The van der Waals surface area contributed by atoms with Gasteiger partial charge in [0.2, 0.25) is 5.91 Å². The summed E-state index contributed by atoms with van der Waals surface area (Å²) in [6, 6.07) is 1.11. The highest BCUT2D eigenvalue weighted by atomic mass is 16.2. The molecule has 1 amide bonds. The van der Waals surface area contributed by atoms with Crippen LogP contribution in [0.15, 0.2) is 0 Å². The van der Waals surface area contributed by atoms with Gasteiger partial charge in [-0.15, -0.1) is 0 Å². The van der Waals surface area contributed by atoms with Crippen molar-refractivity contribution in [3.8, 4) is 0 Å². The van der Waals surface area contributed by atoms with Gasteiger partial charge in [-0.25, -0.2) is 0 Å². The Morgan fingerprint density at radius 1 is 1.42 bits per heavy atom. The summed E-state index contributed by atoms with van der Waals surface area (Å²) in [5.74, 6) is 0.563. The van der Waals surface area contributed by atoms with E-state index in [1.165, 1.54) is 12.8 Å². The van der Waals surface area contributed by atoms with Crippen LogP contribution >= 0.6 is 0 Å². The number of hydrogen-bond donors (Lipinski definition) is 1. The summed E-state index contributed by atoms with van der Waals surface area (Å²) < 4.78 is 0. The number of nitrogens with zero attached hydrogens (tertiary/aromatic N) is 1. The molecule has 3 heteroatoms. The van der Waals surface area contributed by atoms with Crippen molar-refractivity contribution in [2.45, 2.75) is 31.3 Å². The fraction of sp³-hybridized carbons (Fsp3) is 0.889. The molecule has 2 aliphatic heterocycles. The molecule has 0 saturated carbocycles. The standard InChI is InChI=1S/C9H16N2O/c1-11(2)9(12)7-5-6-3-4-8(7)10-6/h6-8,10H,3-5H2,1-2H3. The smallest absolute Gasteiger partial charge is 0.226 e. The fourth-order valence-electron chi connectivity index (χ4n) is 2.43. The summed E-state index contributed by atoms with van der Waals surface area (Å²) in [6.07, 6.45) is 3.51. The number of hydrogen-bond acceptors (Lipinski definition) is 2. The summed E-state index contributed by atoms with van der Waals surface area (Å²) >= 11 is 0. The Morgan fingerprint density at radius 3 is 2.58 bits per heavy atom. The van der Waals surface area contributed by atoms with Crippen molar-refractivity contribution in [3.63, 3.8) is 0 Å². The van der Waals surface area contributed by atoms with Gasteiger partial charge in [0.1, 0.15) is 0 Å². The minimum atomic E-state index is 0.263. The van der Waals surface area contributed by atoms with E-state index >= 15 is 0 Å². The van der Waals surface area contributed by atoms with Gasteiger partial charge >= 0.3 is 0 Å². The highest BCUT2D eigenvalue weighted by Crippen LogP contribution is 2.33. The van der Waals surface area contributed by atoms with Gasteiger partial charge in [-0.05, 0) is 19.3 Å². The molecule has 0 spiro atoms. The molecule has 2 aliphatic rings. The maximum atomic E-state index is 11.6. The monoisotopic (exact) mass is 168 g/mol. The third-order valence-corrected chi connectivity index (χ3v) is 3.06. The first-order valence-electron chi connectivity index (χ1n) is 4.65. The largest absolute Gasteiger partial charge is 0.349 e. The average Bonchev–Trinajstić information content (AvgIpc) is 2.62. The first-order chi connectivity index (χ1) is 5.68. The number of nitrogens with one attached hydrogen (secondary N) is 1. The molecule has 0 radical (unpaired) electrons. The van der Waals surface area contributed by atoms with Crippen molar-refractivity contribution in [2.24, 2.45) is 5.92 Å². The molecule has 12 heavy (non-hydrogen) atoms. The molecule has 3 nitrogen and oxygen atoms in total. The first kappa shape index (κ1) is 8.05. The van der Waals surface area contributed by atoms with Crippen molar-refractivity contribution in [3.05, 3.63) is 0 Å². The summed E-state index contributed by atoms with van der Waals surface area (Å²) in [6.45, 7) is 0. The van der Waals surface area contributed by atoms with Crippen LogP contribution in [0.2, 0.25) is 0 Å². The molecule has 2 heterocycles. The number of carbonyl (C=O) groups excluding carboxylic acids is 1. The van der Waals surface area contributed by atoms with E-state index in [-0.39, 0.29) is 5.92 Å². The van der Waals surface area contributed by atoms with Crippen LogP contribution < -0.4 is 5.32 Å². The van der Waals surface area contributed by atoms with Gasteiger partial charge in [0.15, 0.2) is 0 Å². The predicted octanol–water partition coefficient (Wildman–Crippen LogP) is 0.215. The van der Waals surface area contributed by atoms with E-state index in [4.69, 9.17) is 0 Å². The molecular formula is C9H16N2O. The Hall–Kier alpha value is -0.570. The zero-order valence-electron chi connectivity index (χ0n) is 7.71. The summed E-state index contributed by atoms with van der Waals surface area (Å²) in [4.78, 5) is 13.3. The first-order valence-corrected chi connectivity index (χ1v) is 4.65. The third-order valence-electron chi connectivity index (χ3n) is 3.06. The second-order valence-electron chi connectivity index (χ2n) is 4.12. The van der Waals surface area contributed by atoms with Crippen LogP contribution in [0, 0.1) is 5.92 Å². The van der Waals surface area contributed by atoms with Gasteiger partial charge in [0.25, 0.3) is 0 Å². The average molecular weight is 168 g/mol. The molecule has 0 aromatic carbocycles. The third kappa shape index (κ3) is 1.12. The van der Waals surface area contributed by atoms with Gasteiger partial charge in [-0.2, -0.15) is 0 Å². The quantitative estimate of drug-likeness (QED) is 0.607. The van der Waals surface area contributed by atoms with Crippen LogP contribution in [-0.4, -0.2) is 37.0 Å². The lowest BCUT2D eigenvalue weighted by molar-refractivity contribution is -0.133. The highest BCUT2D eigenvalue weighted by molar-refractivity contribution is 5.79. The van der Waals surface area contributed by atoms with Crippen LogP contribution in [0.25, 0.3) is 0 Å². The molecule has 0 aromatic rings. The fourth-order valence-corrected chi connectivity index (χ4v) is 2.43. The van der Waals surface area contributed by atoms with E-state index in [1.54, 1.807) is 4.90 Å². The lowest BCUT2D eigenvalue weighted by Gasteiger charge is -2.22. The van der Waals surface area contributed by atoms with Crippen molar-refractivity contribution >= 4 is 5.91 Å². The molecule has 68 valence electrons. The molecular weight excluding hydrogens is 152 g/mol. The normalized spacial score (nSPS) is 38.7. The zero-order valence-corrected chi connectivity index (χ0v) is 7.71.